The van der Waals surface area contributed by atoms with Crippen LogP contribution in [0.15, 0.2) is 42.6 Å². The van der Waals surface area contributed by atoms with Crippen molar-refractivity contribution in [3.8, 4) is 5.75 Å². The zero-order chi connectivity index (χ0) is 24.2. The van der Waals surface area contributed by atoms with Gasteiger partial charge in [0.2, 0.25) is 5.95 Å². The molecular weight excluding hydrogens is 432 g/mol. The number of fused-ring (bicyclic) bond motifs is 1. The highest BCUT2D eigenvalue weighted by molar-refractivity contribution is 5.98. The fraction of sp³-hybridized carbons (Fsp3) is 0.320. The van der Waals surface area contributed by atoms with E-state index in [1.54, 1.807) is 14.2 Å². The predicted molar refractivity (Wildman–Crippen MR) is 132 cm³/mol. The molecule has 178 valence electrons. The molecule has 1 amide bonds. The van der Waals surface area contributed by atoms with Gasteiger partial charge in [-0.05, 0) is 49.7 Å². The van der Waals surface area contributed by atoms with Crippen molar-refractivity contribution in [2.24, 2.45) is 5.73 Å². The van der Waals surface area contributed by atoms with E-state index in [9.17, 15) is 4.79 Å². The van der Waals surface area contributed by atoms with E-state index in [0.717, 1.165) is 36.4 Å². The lowest BCUT2D eigenvalue weighted by Gasteiger charge is -2.26. The van der Waals surface area contributed by atoms with Crippen LogP contribution in [0.3, 0.4) is 0 Å². The summed E-state index contributed by atoms with van der Waals surface area (Å²) in [4.78, 5) is 23.2. The van der Waals surface area contributed by atoms with Crippen molar-refractivity contribution in [3.05, 3.63) is 64.8 Å². The highest BCUT2D eigenvalue weighted by Crippen LogP contribution is 2.34. The molecule has 0 bridgehead atoms. The fourth-order valence-corrected chi connectivity index (χ4v) is 4.05. The number of nitrogens with two attached hydrogens (primary N) is 1. The van der Waals surface area contributed by atoms with Crippen LogP contribution in [0.1, 0.15) is 40.1 Å². The fourth-order valence-electron chi connectivity index (χ4n) is 4.05. The highest BCUT2D eigenvalue weighted by atomic mass is 16.5. The summed E-state index contributed by atoms with van der Waals surface area (Å²) in [7, 11) is 5.39. The zero-order valence-corrected chi connectivity index (χ0v) is 19.9. The molecule has 1 unspecified atom stereocenters. The molecule has 1 atom stereocenters. The van der Waals surface area contributed by atoms with Gasteiger partial charge in [0.25, 0.3) is 5.91 Å². The van der Waals surface area contributed by atoms with Gasteiger partial charge in [0.15, 0.2) is 0 Å². The van der Waals surface area contributed by atoms with Gasteiger partial charge in [0.05, 0.1) is 18.9 Å². The molecule has 0 aliphatic carbocycles. The number of likely N-dealkylation sites (N-methyl/N-ethyl adjacent to an activating group) is 1. The second-order valence-electron chi connectivity index (χ2n) is 8.34. The Morgan fingerprint density at radius 2 is 1.94 bits per heavy atom. The maximum atomic E-state index is 12.1. The molecule has 0 saturated carbocycles. The van der Waals surface area contributed by atoms with Crippen LogP contribution in [0.25, 0.3) is 0 Å². The predicted octanol–water partition coefficient (Wildman–Crippen LogP) is 3.77. The van der Waals surface area contributed by atoms with Crippen molar-refractivity contribution >= 4 is 29.0 Å². The minimum atomic E-state index is -0.624. The van der Waals surface area contributed by atoms with Crippen molar-refractivity contribution < 1.29 is 14.3 Å². The molecule has 1 aromatic heterocycles. The standard InChI is InChI=1S/C25H30N6O3/c1-15(33-3)18-7-5-6-8-20(18)28-24-19(23(26)32)13-27-25(30-24)29-21-11-17-14-31(2)10-9-16(17)12-22(21)34-4/h5-8,11-13,15H,9-10,14H2,1-4H3,(H2,26,32)(H2,27,28,29,30). The Bertz CT molecular complexity index is 1200. The summed E-state index contributed by atoms with van der Waals surface area (Å²) in [5.74, 6) is 0.699. The van der Waals surface area contributed by atoms with Gasteiger partial charge in [-0.15, -0.1) is 0 Å². The average Bonchev–Trinajstić information content (AvgIpc) is 2.83. The first-order valence-electron chi connectivity index (χ1n) is 11.1. The number of primary amides is 1. The number of aromatic nitrogens is 2. The molecule has 34 heavy (non-hydrogen) atoms. The number of amides is 1. The molecule has 0 fully saturated rings. The Morgan fingerprint density at radius 3 is 2.68 bits per heavy atom. The molecule has 4 rings (SSSR count). The number of benzene rings is 2. The van der Waals surface area contributed by atoms with Gasteiger partial charge in [-0.2, -0.15) is 4.98 Å². The third-order valence-corrected chi connectivity index (χ3v) is 6.03. The van der Waals surface area contributed by atoms with Crippen molar-refractivity contribution in [3.63, 3.8) is 0 Å². The Kier molecular flexibility index (Phi) is 6.95. The van der Waals surface area contributed by atoms with E-state index in [1.807, 2.05) is 31.2 Å². The number of hydrogen-bond donors (Lipinski definition) is 3. The van der Waals surface area contributed by atoms with Crippen LogP contribution in [0.4, 0.5) is 23.1 Å². The Labute approximate surface area is 199 Å². The molecule has 2 aromatic carbocycles. The lowest BCUT2D eigenvalue weighted by atomic mass is 9.99. The first kappa shape index (κ1) is 23.5. The van der Waals surface area contributed by atoms with E-state index < -0.39 is 5.91 Å². The third kappa shape index (κ3) is 4.95. The molecule has 0 saturated heterocycles. The van der Waals surface area contributed by atoms with E-state index >= 15 is 0 Å². The van der Waals surface area contributed by atoms with Crippen molar-refractivity contribution in [1.29, 1.82) is 0 Å². The van der Waals surface area contributed by atoms with Crippen LogP contribution in [0.5, 0.6) is 5.75 Å². The van der Waals surface area contributed by atoms with Gasteiger partial charge in [0.1, 0.15) is 17.1 Å². The number of anilines is 4. The van der Waals surface area contributed by atoms with Gasteiger partial charge >= 0.3 is 0 Å². The zero-order valence-electron chi connectivity index (χ0n) is 19.9. The van der Waals surface area contributed by atoms with E-state index in [1.165, 1.54) is 17.3 Å². The SMILES string of the molecule is COc1cc2c(cc1Nc1ncc(C(N)=O)c(Nc3ccccc3C(C)OC)n1)CN(C)CC2. The highest BCUT2D eigenvalue weighted by Gasteiger charge is 2.19. The molecule has 0 radical (unpaired) electrons. The number of methoxy groups -OCH3 is 2. The molecule has 1 aliphatic heterocycles. The summed E-state index contributed by atoms with van der Waals surface area (Å²) in [5, 5.41) is 6.49. The number of rotatable bonds is 8. The molecule has 3 aromatic rings. The molecular formula is C25H30N6O3. The largest absolute Gasteiger partial charge is 0.495 e. The van der Waals surface area contributed by atoms with Crippen LogP contribution in [0, 0.1) is 0 Å². The van der Waals surface area contributed by atoms with Gasteiger partial charge in [0, 0.05) is 37.6 Å². The summed E-state index contributed by atoms with van der Waals surface area (Å²) in [6, 6.07) is 11.8. The van der Waals surface area contributed by atoms with Crippen molar-refractivity contribution in [2.45, 2.75) is 26.0 Å². The quantitative estimate of drug-likeness (QED) is 0.464. The smallest absolute Gasteiger partial charge is 0.254 e. The molecule has 2 heterocycles. The first-order valence-corrected chi connectivity index (χ1v) is 11.1. The van der Waals surface area contributed by atoms with E-state index in [0.29, 0.717) is 17.5 Å². The summed E-state index contributed by atoms with van der Waals surface area (Å²) in [6.45, 7) is 3.82. The monoisotopic (exact) mass is 462 g/mol. The number of nitrogens with zero attached hydrogens (tertiary/aromatic N) is 3. The third-order valence-electron chi connectivity index (χ3n) is 6.03. The first-order chi connectivity index (χ1) is 16.4. The number of ether oxygens (including phenoxy) is 2. The van der Waals surface area contributed by atoms with Gasteiger partial charge < -0.3 is 30.7 Å². The minimum Gasteiger partial charge on any atom is -0.495 e. The van der Waals surface area contributed by atoms with E-state index in [-0.39, 0.29) is 11.7 Å². The summed E-state index contributed by atoms with van der Waals surface area (Å²) >= 11 is 0. The normalized spacial score (nSPS) is 14.2. The Morgan fingerprint density at radius 1 is 1.15 bits per heavy atom. The molecule has 9 heteroatoms. The van der Waals surface area contributed by atoms with Crippen LogP contribution in [-0.2, 0) is 17.7 Å². The van der Waals surface area contributed by atoms with Gasteiger partial charge in [-0.25, -0.2) is 4.98 Å². The molecule has 0 spiro atoms. The second kappa shape index (κ2) is 10.1. The average molecular weight is 463 g/mol. The van der Waals surface area contributed by atoms with E-state index in [4.69, 9.17) is 15.2 Å². The maximum Gasteiger partial charge on any atom is 0.254 e. The molecule has 1 aliphatic rings. The number of para-hydroxylation sites is 1. The van der Waals surface area contributed by atoms with Gasteiger partial charge in [-0.1, -0.05) is 18.2 Å². The Hall–Kier alpha value is -3.69. The van der Waals surface area contributed by atoms with Crippen LogP contribution in [0.2, 0.25) is 0 Å². The summed E-state index contributed by atoms with van der Waals surface area (Å²) < 4.78 is 11.1. The molecule has 9 nitrogen and oxygen atoms in total. The number of carbonyl (C=O) groups is 1. The van der Waals surface area contributed by atoms with E-state index in [2.05, 4.69) is 44.7 Å². The number of carbonyl (C=O) groups excluding carboxylic acids is 1. The lowest BCUT2D eigenvalue weighted by Crippen LogP contribution is -2.26. The number of nitrogens with one attached hydrogen (secondary N) is 2. The van der Waals surface area contributed by atoms with Crippen molar-refractivity contribution in [2.75, 3.05) is 38.4 Å². The lowest BCUT2D eigenvalue weighted by molar-refractivity contribution is 0.100. The van der Waals surface area contributed by atoms with Crippen LogP contribution in [-0.4, -0.2) is 48.6 Å². The van der Waals surface area contributed by atoms with Gasteiger partial charge in [-0.3, -0.25) is 4.79 Å². The molecule has 4 N–H and O–H groups in total. The summed E-state index contributed by atoms with van der Waals surface area (Å²) in [6.07, 6.45) is 2.23. The summed E-state index contributed by atoms with van der Waals surface area (Å²) in [5.41, 5.74) is 10.7. The topological polar surface area (TPSA) is 115 Å². The van der Waals surface area contributed by atoms with Crippen molar-refractivity contribution in [1.82, 2.24) is 14.9 Å². The van der Waals surface area contributed by atoms with Crippen LogP contribution < -0.4 is 21.1 Å². The second-order valence-corrected chi connectivity index (χ2v) is 8.34. The Balaban J connectivity index is 1.69. The maximum absolute atomic E-state index is 12.1. The number of hydrogen-bond acceptors (Lipinski definition) is 8. The van der Waals surface area contributed by atoms with Crippen LogP contribution >= 0.6 is 0 Å². The minimum absolute atomic E-state index is 0.155.